The van der Waals surface area contributed by atoms with Gasteiger partial charge >= 0.3 is 0 Å². The largest absolute Gasteiger partial charge is 0.278 e. The maximum atomic E-state index is 4.86. The van der Waals surface area contributed by atoms with E-state index in [0.29, 0.717) is 6.04 Å². The van der Waals surface area contributed by atoms with Crippen molar-refractivity contribution in [2.45, 2.75) is 45.9 Å². The first-order valence-electron chi connectivity index (χ1n) is 5.16. The second kappa shape index (κ2) is 2.75. The molecule has 1 saturated carbocycles. The van der Waals surface area contributed by atoms with E-state index in [1.807, 2.05) is 11.8 Å². The third kappa shape index (κ3) is 1.34. The van der Waals surface area contributed by atoms with Crippen LogP contribution < -0.4 is 0 Å². The molecular formula is C11H19NS. The minimum absolute atomic E-state index is 0.265. The summed E-state index contributed by atoms with van der Waals surface area (Å²) < 4.78 is 0. The van der Waals surface area contributed by atoms with Crippen molar-refractivity contribution < 1.29 is 0 Å². The maximum Gasteiger partial charge on any atom is 0.0736 e. The Morgan fingerprint density at radius 1 is 1.15 bits per heavy atom. The van der Waals surface area contributed by atoms with Crippen molar-refractivity contribution in [2.24, 2.45) is 22.2 Å². The quantitative estimate of drug-likeness (QED) is 0.581. The van der Waals surface area contributed by atoms with Crippen LogP contribution in [0, 0.1) is 17.3 Å². The molecule has 0 amide bonds. The normalized spacial score (nSPS) is 43.9. The summed E-state index contributed by atoms with van der Waals surface area (Å²) in [4.78, 5) is 4.86. The smallest absolute Gasteiger partial charge is 0.0736 e. The zero-order valence-corrected chi connectivity index (χ0v) is 9.98. The first-order chi connectivity index (χ1) is 5.91. The van der Waals surface area contributed by atoms with Gasteiger partial charge in [-0.1, -0.05) is 34.6 Å². The Bertz CT molecular complexity index is 241. The topological polar surface area (TPSA) is 12.4 Å². The molecule has 13 heavy (non-hydrogen) atoms. The van der Waals surface area contributed by atoms with Gasteiger partial charge in [0.2, 0.25) is 0 Å². The van der Waals surface area contributed by atoms with Gasteiger partial charge in [0.25, 0.3) is 0 Å². The van der Waals surface area contributed by atoms with Crippen molar-refractivity contribution in [2.75, 3.05) is 0 Å². The van der Waals surface area contributed by atoms with E-state index in [4.69, 9.17) is 4.99 Å². The Kier molecular flexibility index (Phi) is 2.03. The summed E-state index contributed by atoms with van der Waals surface area (Å²) in [5.74, 6) is 1.62. The van der Waals surface area contributed by atoms with Gasteiger partial charge in [-0.3, -0.25) is 4.99 Å². The number of fused-ring (bicyclic) bond motifs is 1. The zero-order valence-electron chi connectivity index (χ0n) is 9.16. The van der Waals surface area contributed by atoms with Crippen LogP contribution in [0.5, 0.6) is 0 Å². The highest BCUT2D eigenvalue weighted by molar-refractivity contribution is 8.14. The molecular weight excluding hydrogens is 178 g/mol. The molecule has 2 bridgehead atoms. The summed E-state index contributed by atoms with van der Waals surface area (Å²) in [7, 11) is 0. The lowest BCUT2D eigenvalue weighted by Gasteiger charge is -2.52. The van der Waals surface area contributed by atoms with Gasteiger partial charge in [-0.25, -0.2) is 0 Å². The fraction of sp³-hybridized carbons (Fsp3) is 0.909. The summed E-state index contributed by atoms with van der Waals surface area (Å²) in [6.07, 6.45) is 0. The second-order valence-electron chi connectivity index (χ2n) is 5.48. The van der Waals surface area contributed by atoms with Crippen LogP contribution in [-0.4, -0.2) is 16.3 Å². The summed E-state index contributed by atoms with van der Waals surface area (Å²) in [6, 6.07) is 0.625. The van der Waals surface area contributed by atoms with Crippen LogP contribution in [0.3, 0.4) is 0 Å². The predicted octanol–water partition coefficient (Wildman–Crippen LogP) is 3.20. The van der Waals surface area contributed by atoms with Gasteiger partial charge in [0.15, 0.2) is 0 Å². The first kappa shape index (κ1) is 9.57. The van der Waals surface area contributed by atoms with Crippen molar-refractivity contribution in [3.63, 3.8) is 0 Å². The number of nitrogens with zero attached hydrogens (tertiary/aromatic N) is 1. The predicted molar refractivity (Wildman–Crippen MR) is 60.4 cm³/mol. The molecule has 0 aromatic heterocycles. The van der Waals surface area contributed by atoms with Gasteiger partial charge in [0.05, 0.1) is 11.1 Å². The van der Waals surface area contributed by atoms with Crippen LogP contribution in [0.15, 0.2) is 4.99 Å². The van der Waals surface area contributed by atoms with Crippen molar-refractivity contribution in [3.05, 3.63) is 0 Å². The fourth-order valence-corrected chi connectivity index (χ4v) is 3.86. The van der Waals surface area contributed by atoms with Gasteiger partial charge in [-0.15, -0.1) is 11.8 Å². The number of thioether (sulfide) groups is 1. The van der Waals surface area contributed by atoms with E-state index in [0.717, 1.165) is 17.1 Å². The van der Waals surface area contributed by atoms with E-state index in [1.165, 1.54) is 5.04 Å². The highest BCUT2D eigenvalue weighted by Crippen LogP contribution is 2.51. The first-order valence-corrected chi connectivity index (χ1v) is 6.04. The van der Waals surface area contributed by atoms with E-state index >= 15 is 0 Å². The van der Waals surface area contributed by atoms with Crippen molar-refractivity contribution in [1.82, 2.24) is 0 Å². The van der Waals surface area contributed by atoms with E-state index in [9.17, 15) is 0 Å². The number of hydrogen-bond donors (Lipinski definition) is 0. The van der Waals surface area contributed by atoms with Crippen molar-refractivity contribution >= 4 is 16.8 Å². The summed E-state index contributed by atoms with van der Waals surface area (Å²) in [5, 5.41) is 2.22. The molecule has 1 fully saturated rings. The lowest BCUT2D eigenvalue weighted by atomic mass is 9.71. The number of rotatable bonds is 0. The highest BCUT2D eigenvalue weighted by Gasteiger charge is 2.50. The molecule has 2 heterocycles. The Morgan fingerprint density at radius 3 is 2.00 bits per heavy atom. The Hall–Kier alpha value is 0.0200. The monoisotopic (exact) mass is 197 g/mol. The lowest BCUT2D eigenvalue weighted by molar-refractivity contribution is 0.191. The van der Waals surface area contributed by atoms with E-state index in [1.54, 1.807) is 0 Å². The fourth-order valence-electron chi connectivity index (χ4n) is 2.32. The molecule has 0 radical (unpaired) electrons. The summed E-state index contributed by atoms with van der Waals surface area (Å²) in [5.41, 5.74) is 0.265. The molecule has 0 aromatic rings. The van der Waals surface area contributed by atoms with Crippen LogP contribution in [0.25, 0.3) is 0 Å². The molecule has 0 N–H and O–H groups in total. The van der Waals surface area contributed by atoms with Crippen LogP contribution in [-0.2, 0) is 0 Å². The molecule has 0 spiro atoms. The molecule has 0 aromatic carbocycles. The molecule has 2 atom stereocenters. The van der Waals surface area contributed by atoms with E-state index in [2.05, 4.69) is 34.6 Å². The Labute approximate surface area is 85.4 Å². The average Bonchev–Trinajstić information content (AvgIpc) is 2.04. The van der Waals surface area contributed by atoms with Crippen LogP contribution in [0.1, 0.15) is 34.6 Å². The van der Waals surface area contributed by atoms with E-state index in [-0.39, 0.29) is 5.41 Å². The second-order valence-corrected chi connectivity index (χ2v) is 6.64. The standard InChI is InChI=1S/C11H19NS/c1-6-8-7(2)9(6)13-10(12-8)11(3,4)5/h6-9H,1-5H3. The molecule has 1 nitrogen and oxygen atoms in total. The van der Waals surface area contributed by atoms with Gasteiger partial charge in [0, 0.05) is 10.7 Å². The Morgan fingerprint density at radius 2 is 1.69 bits per heavy atom. The molecule has 0 saturated heterocycles. The molecule has 1 aliphatic carbocycles. The minimum atomic E-state index is 0.265. The van der Waals surface area contributed by atoms with Crippen LogP contribution in [0.4, 0.5) is 0 Å². The average molecular weight is 197 g/mol. The van der Waals surface area contributed by atoms with E-state index < -0.39 is 0 Å². The third-order valence-corrected chi connectivity index (χ3v) is 5.34. The van der Waals surface area contributed by atoms with Gasteiger partial charge in [-0.05, 0) is 11.8 Å². The van der Waals surface area contributed by atoms with Crippen molar-refractivity contribution in [3.8, 4) is 0 Å². The molecule has 3 rings (SSSR count). The lowest BCUT2D eigenvalue weighted by Crippen LogP contribution is -2.54. The minimum Gasteiger partial charge on any atom is -0.278 e. The Balaban J connectivity index is 2.21. The van der Waals surface area contributed by atoms with Crippen LogP contribution in [0.2, 0.25) is 0 Å². The van der Waals surface area contributed by atoms with Gasteiger partial charge in [-0.2, -0.15) is 0 Å². The van der Waals surface area contributed by atoms with Gasteiger partial charge in [0.1, 0.15) is 0 Å². The SMILES string of the molecule is CC1C2N=C(C(C)(C)C)SC1C2C. The van der Waals surface area contributed by atoms with Crippen molar-refractivity contribution in [1.29, 1.82) is 0 Å². The molecule has 2 heteroatoms. The molecule has 3 aliphatic rings. The highest BCUT2D eigenvalue weighted by atomic mass is 32.2. The molecule has 2 aliphatic heterocycles. The molecule has 74 valence electrons. The third-order valence-electron chi connectivity index (χ3n) is 3.27. The van der Waals surface area contributed by atoms with Gasteiger partial charge < -0.3 is 0 Å². The van der Waals surface area contributed by atoms with Crippen LogP contribution >= 0.6 is 11.8 Å². The zero-order chi connectivity index (χ0) is 9.80. The summed E-state index contributed by atoms with van der Waals surface area (Å²) >= 11 is 2.03. The maximum absolute atomic E-state index is 4.86. The summed E-state index contributed by atoms with van der Waals surface area (Å²) in [6.45, 7) is 11.5. The molecule has 2 unspecified atom stereocenters. The number of aliphatic imine (C=N–C) groups is 1. The number of hydrogen-bond acceptors (Lipinski definition) is 2.